The number of likely N-dealkylation sites (N-methyl/N-ethyl adjacent to an activating group) is 1. The Hall–Kier alpha value is -1.59. The van der Waals surface area contributed by atoms with E-state index in [1.165, 1.54) is 31.6 Å². The van der Waals surface area contributed by atoms with Crippen molar-refractivity contribution in [3.63, 3.8) is 0 Å². The predicted molar refractivity (Wildman–Crippen MR) is 112 cm³/mol. The van der Waals surface area contributed by atoms with E-state index in [0.717, 1.165) is 38.7 Å². The third kappa shape index (κ3) is 6.96. The van der Waals surface area contributed by atoms with Crippen molar-refractivity contribution in [3.05, 3.63) is 35.9 Å². The Morgan fingerprint density at radius 2 is 1.85 bits per heavy atom. The summed E-state index contributed by atoms with van der Waals surface area (Å²) in [6.07, 6.45) is 1.26. The van der Waals surface area contributed by atoms with Gasteiger partial charge in [0.15, 0.2) is 5.96 Å². The van der Waals surface area contributed by atoms with E-state index in [-0.39, 0.29) is 5.41 Å². The summed E-state index contributed by atoms with van der Waals surface area (Å²) >= 11 is 0. The van der Waals surface area contributed by atoms with Crippen molar-refractivity contribution in [2.75, 3.05) is 59.4 Å². The summed E-state index contributed by atoms with van der Waals surface area (Å²) in [5, 5.41) is 6.88. The molecule has 5 nitrogen and oxygen atoms in total. The molecular weight excluding hydrogens is 322 g/mol. The Balaban J connectivity index is 1.84. The van der Waals surface area contributed by atoms with E-state index < -0.39 is 0 Å². The fourth-order valence-electron chi connectivity index (χ4n) is 3.26. The van der Waals surface area contributed by atoms with Gasteiger partial charge in [0.25, 0.3) is 0 Å². The van der Waals surface area contributed by atoms with Crippen molar-refractivity contribution in [1.82, 2.24) is 20.4 Å². The number of hydrogen-bond donors (Lipinski definition) is 2. The SMILES string of the molecule is CCNC(=NCC(C)(C)c1ccccc1)NCCN1CCCN(C)CC1. The third-order valence-corrected chi connectivity index (χ3v) is 5.06. The van der Waals surface area contributed by atoms with Crippen LogP contribution in [-0.2, 0) is 5.41 Å². The second-order valence-electron chi connectivity index (χ2n) is 7.87. The van der Waals surface area contributed by atoms with Gasteiger partial charge in [0.2, 0.25) is 0 Å². The summed E-state index contributed by atoms with van der Waals surface area (Å²) in [7, 11) is 2.21. The van der Waals surface area contributed by atoms with Gasteiger partial charge in [-0.25, -0.2) is 0 Å². The predicted octanol–water partition coefficient (Wildman–Crippen LogP) is 2.16. The van der Waals surface area contributed by atoms with Gasteiger partial charge in [-0.1, -0.05) is 44.2 Å². The number of nitrogens with zero attached hydrogens (tertiary/aromatic N) is 3. The minimum atomic E-state index is 0.0268. The first-order valence-corrected chi connectivity index (χ1v) is 10.00. The van der Waals surface area contributed by atoms with Crippen LogP contribution in [-0.4, -0.2) is 75.2 Å². The Morgan fingerprint density at radius 3 is 2.58 bits per heavy atom. The fraction of sp³-hybridized carbons (Fsp3) is 0.667. The van der Waals surface area contributed by atoms with E-state index in [1.807, 2.05) is 0 Å². The molecule has 1 aromatic carbocycles. The number of nitrogens with one attached hydrogen (secondary N) is 2. The van der Waals surface area contributed by atoms with Gasteiger partial charge in [-0.15, -0.1) is 0 Å². The molecule has 0 saturated carbocycles. The van der Waals surface area contributed by atoms with Crippen molar-refractivity contribution in [3.8, 4) is 0 Å². The highest BCUT2D eigenvalue weighted by atomic mass is 15.2. The zero-order valence-corrected chi connectivity index (χ0v) is 17.1. The minimum Gasteiger partial charge on any atom is -0.357 e. The van der Waals surface area contributed by atoms with Gasteiger partial charge >= 0.3 is 0 Å². The zero-order valence-electron chi connectivity index (χ0n) is 17.1. The van der Waals surface area contributed by atoms with E-state index in [1.54, 1.807) is 0 Å². The van der Waals surface area contributed by atoms with Crippen LogP contribution in [0.25, 0.3) is 0 Å². The van der Waals surface area contributed by atoms with Crippen LogP contribution >= 0.6 is 0 Å². The number of aliphatic imine (C=N–C) groups is 1. The van der Waals surface area contributed by atoms with Gasteiger partial charge in [0.1, 0.15) is 0 Å². The van der Waals surface area contributed by atoms with Gasteiger partial charge in [0.05, 0.1) is 6.54 Å². The lowest BCUT2D eigenvalue weighted by molar-refractivity contribution is 0.280. The lowest BCUT2D eigenvalue weighted by atomic mass is 9.85. The quantitative estimate of drug-likeness (QED) is 0.578. The molecule has 1 aromatic rings. The van der Waals surface area contributed by atoms with Crippen LogP contribution in [0, 0.1) is 0 Å². The van der Waals surface area contributed by atoms with Crippen molar-refractivity contribution in [2.24, 2.45) is 4.99 Å². The Labute approximate surface area is 159 Å². The highest BCUT2D eigenvalue weighted by Gasteiger charge is 2.20. The molecule has 1 aliphatic heterocycles. The molecule has 1 aliphatic rings. The maximum absolute atomic E-state index is 4.84. The van der Waals surface area contributed by atoms with Crippen molar-refractivity contribution < 1.29 is 0 Å². The first-order chi connectivity index (χ1) is 12.5. The fourth-order valence-corrected chi connectivity index (χ4v) is 3.26. The average molecular weight is 360 g/mol. The first-order valence-electron chi connectivity index (χ1n) is 10.00. The Kier molecular flexibility index (Phi) is 8.39. The molecule has 0 atom stereocenters. The standard InChI is InChI=1S/C21H37N5/c1-5-22-20(23-12-15-26-14-9-13-25(4)16-17-26)24-18-21(2,3)19-10-7-6-8-11-19/h6-8,10-11H,5,9,12-18H2,1-4H3,(H2,22,23,24). The molecule has 146 valence electrons. The van der Waals surface area contributed by atoms with E-state index in [4.69, 9.17) is 4.99 Å². The summed E-state index contributed by atoms with van der Waals surface area (Å²) < 4.78 is 0. The summed E-state index contributed by atoms with van der Waals surface area (Å²) in [6, 6.07) is 10.6. The molecule has 0 spiro atoms. The molecular formula is C21H37N5. The van der Waals surface area contributed by atoms with Gasteiger partial charge in [0, 0.05) is 38.1 Å². The second-order valence-corrected chi connectivity index (χ2v) is 7.87. The van der Waals surface area contributed by atoms with Crippen LogP contribution in [0.1, 0.15) is 32.8 Å². The van der Waals surface area contributed by atoms with E-state index in [0.29, 0.717) is 0 Å². The zero-order chi connectivity index (χ0) is 18.8. The van der Waals surface area contributed by atoms with E-state index in [9.17, 15) is 0 Å². The molecule has 0 aromatic heterocycles. The Morgan fingerprint density at radius 1 is 1.08 bits per heavy atom. The molecule has 0 radical (unpaired) electrons. The highest BCUT2D eigenvalue weighted by Crippen LogP contribution is 2.22. The van der Waals surface area contributed by atoms with E-state index in [2.05, 4.69) is 78.6 Å². The summed E-state index contributed by atoms with van der Waals surface area (Å²) in [5.41, 5.74) is 1.35. The van der Waals surface area contributed by atoms with E-state index >= 15 is 0 Å². The third-order valence-electron chi connectivity index (χ3n) is 5.06. The maximum Gasteiger partial charge on any atom is 0.191 e. The summed E-state index contributed by atoms with van der Waals surface area (Å²) in [5.74, 6) is 0.920. The molecule has 2 rings (SSSR count). The average Bonchev–Trinajstić information content (AvgIpc) is 2.85. The summed E-state index contributed by atoms with van der Waals surface area (Å²) in [4.78, 5) is 9.81. The molecule has 1 fully saturated rings. The normalized spacial score (nSPS) is 17.8. The molecule has 26 heavy (non-hydrogen) atoms. The lowest BCUT2D eigenvalue weighted by Gasteiger charge is -2.24. The molecule has 5 heteroatoms. The Bertz CT molecular complexity index is 541. The molecule has 0 amide bonds. The second kappa shape index (κ2) is 10.5. The van der Waals surface area contributed by atoms with Gasteiger partial charge in [-0.05, 0) is 39.0 Å². The highest BCUT2D eigenvalue weighted by molar-refractivity contribution is 5.79. The largest absolute Gasteiger partial charge is 0.357 e. The number of guanidine groups is 1. The number of rotatable bonds is 7. The molecule has 1 saturated heterocycles. The van der Waals surface area contributed by atoms with Crippen molar-refractivity contribution >= 4 is 5.96 Å². The molecule has 0 aliphatic carbocycles. The first kappa shape index (κ1) is 20.7. The van der Waals surface area contributed by atoms with Crippen LogP contribution in [0.5, 0.6) is 0 Å². The van der Waals surface area contributed by atoms with Gasteiger partial charge in [-0.2, -0.15) is 0 Å². The van der Waals surface area contributed by atoms with Crippen LogP contribution in [0.15, 0.2) is 35.3 Å². The molecule has 0 bridgehead atoms. The minimum absolute atomic E-state index is 0.0268. The van der Waals surface area contributed by atoms with Gasteiger partial charge in [-0.3, -0.25) is 4.99 Å². The smallest absolute Gasteiger partial charge is 0.191 e. The van der Waals surface area contributed by atoms with Crippen LogP contribution in [0.2, 0.25) is 0 Å². The maximum atomic E-state index is 4.84. The number of benzene rings is 1. The lowest BCUT2D eigenvalue weighted by Crippen LogP contribution is -2.43. The van der Waals surface area contributed by atoms with Crippen LogP contribution in [0.3, 0.4) is 0 Å². The van der Waals surface area contributed by atoms with Crippen molar-refractivity contribution in [2.45, 2.75) is 32.6 Å². The van der Waals surface area contributed by atoms with Gasteiger partial charge < -0.3 is 20.4 Å². The van der Waals surface area contributed by atoms with Crippen LogP contribution < -0.4 is 10.6 Å². The van der Waals surface area contributed by atoms with Crippen LogP contribution in [0.4, 0.5) is 0 Å². The topological polar surface area (TPSA) is 42.9 Å². The molecule has 2 N–H and O–H groups in total. The monoisotopic (exact) mass is 359 g/mol. The summed E-state index contributed by atoms with van der Waals surface area (Å²) in [6.45, 7) is 15.0. The molecule has 1 heterocycles. The number of hydrogen-bond acceptors (Lipinski definition) is 3. The molecule has 0 unspecified atom stereocenters. The van der Waals surface area contributed by atoms with Crippen molar-refractivity contribution in [1.29, 1.82) is 0 Å².